The molecule has 1 aliphatic rings. The van der Waals surface area contributed by atoms with Crippen molar-refractivity contribution < 1.29 is 27.5 Å². The lowest BCUT2D eigenvalue weighted by Gasteiger charge is -2.34. The first-order valence-corrected chi connectivity index (χ1v) is 12.5. The molecule has 1 saturated heterocycles. The third-order valence-corrected chi connectivity index (χ3v) is 8.42. The molecule has 2 amide bonds. The van der Waals surface area contributed by atoms with Crippen LogP contribution in [-0.2, 0) is 10.0 Å². The van der Waals surface area contributed by atoms with Crippen molar-refractivity contribution >= 4 is 38.2 Å². The summed E-state index contributed by atoms with van der Waals surface area (Å²) in [6.45, 7) is 4.21. The van der Waals surface area contributed by atoms with E-state index in [0.29, 0.717) is 9.88 Å². The number of nitrogens with one attached hydrogen (secondary N) is 1. The second-order valence-electron chi connectivity index (χ2n) is 7.72. The standard InChI is InChI=1S/C22H23N3O6S2/c1-14-5-6-16(26)18(12-14)33(29,30)25-9-7-24(8-10-25)22(28)20-15(2)13-19(32-20)23-21(27)17-4-3-11-31-17/h3-6,11-13,26H,7-10H2,1-2H3,(H,23,27). The fourth-order valence-corrected chi connectivity index (χ4v) is 6.20. The number of sulfonamides is 1. The van der Waals surface area contributed by atoms with Crippen molar-refractivity contribution in [3.63, 3.8) is 0 Å². The zero-order valence-electron chi connectivity index (χ0n) is 18.1. The number of rotatable bonds is 5. The zero-order valence-corrected chi connectivity index (χ0v) is 19.7. The van der Waals surface area contributed by atoms with Crippen LogP contribution in [0.25, 0.3) is 0 Å². The molecular weight excluding hydrogens is 466 g/mol. The lowest BCUT2D eigenvalue weighted by Crippen LogP contribution is -2.50. The van der Waals surface area contributed by atoms with Crippen LogP contribution in [0.15, 0.2) is 52.0 Å². The summed E-state index contributed by atoms with van der Waals surface area (Å²) >= 11 is 1.16. The van der Waals surface area contributed by atoms with Crippen LogP contribution in [0.5, 0.6) is 5.75 Å². The molecule has 3 heterocycles. The molecule has 2 aromatic heterocycles. The van der Waals surface area contributed by atoms with Crippen molar-refractivity contribution in [2.45, 2.75) is 18.7 Å². The number of thiophene rings is 1. The summed E-state index contributed by atoms with van der Waals surface area (Å²) in [5, 5.41) is 13.3. The van der Waals surface area contributed by atoms with Crippen LogP contribution >= 0.6 is 11.3 Å². The van der Waals surface area contributed by atoms with Gasteiger partial charge in [0.05, 0.1) is 16.1 Å². The molecule has 9 nitrogen and oxygen atoms in total. The van der Waals surface area contributed by atoms with Gasteiger partial charge in [-0.25, -0.2) is 8.42 Å². The van der Waals surface area contributed by atoms with Crippen LogP contribution in [0.3, 0.4) is 0 Å². The molecule has 0 radical (unpaired) electrons. The Morgan fingerprint density at radius 3 is 2.48 bits per heavy atom. The van der Waals surface area contributed by atoms with Crippen LogP contribution in [0.2, 0.25) is 0 Å². The number of phenolic OH excluding ortho intramolecular Hbond substituents is 1. The fourth-order valence-electron chi connectivity index (χ4n) is 3.58. The van der Waals surface area contributed by atoms with E-state index in [2.05, 4.69) is 5.32 Å². The van der Waals surface area contributed by atoms with E-state index in [1.807, 2.05) is 0 Å². The van der Waals surface area contributed by atoms with Crippen molar-refractivity contribution in [3.8, 4) is 5.75 Å². The van der Waals surface area contributed by atoms with Crippen molar-refractivity contribution in [1.29, 1.82) is 0 Å². The molecule has 33 heavy (non-hydrogen) atoms. The molecule has 1 aromatic carbocycles. The summed E-state index contributed by atoms with van der Waals surface area (Å²) in [5.41, 5.74) is 1.45. The number of piperazine rings is 1. The van der Waals surface area contributed by atoms with Gasteiger partial charge in [0.25, 0.3) is 11.8 Å². The van der Waals surface area contributed by atoms with Crippen LogP contribution in [0, 0.1) is 13.8 Å². The predicted octanol–water partition coefficient (Wildman–Crippen LogP) is 3.06. The maximum atomic E-state index is 13.1. The molecule has 0 bridgehead atoms. The number of furan rings is 1. The highest BCUT2D eigenvalue weighted by molar-refractivity contribution is 7.89. The second-order valence-corrected chi connectivity index (χ2v) is 10.7. The highest BCUT2D eigenvalue weighted by atomic mass is 32.2. The van der Waals surface area contributed by atoms with Gasteiger partial charge >= 0.3 is 0 Å². The number of phenols is 1. The molecule has 0 unspecified atom stereocenters. The molecule has 0 saturated carbocycles. The van der Waals surface area contributed by atoms with Crippen molar-refractivity contribution in [3.05, 3.63) is 64.4 Å². The third kappa shape index (κ3) is 4.65. The number of nitrogens with zero attached hydrogens (tertiary/aromatic N) is 2. The number of hydrogen-bond donors (Lipinski definition) is 2. The van der Waals surface area contributed by atoms with Crippen LogP contribution in [-0.4, -0.2) is 60.7 Å². The van der Waals surface area contributed by atoms with E-state index in [9.17, 15) is 23.1 Å². The van der Waals surface area contributed by atoms with Crippen LogP contribution < -0.4 is 5.32 Å². The van der Waals surface area contributed by atoms with Crippen molar-refractivity contribution in [2.24, 2.45) is 0 Å². The van der Waals surface area contributed by atoms with Gasteiger partial charge in [-0.15, -0.1) is 11.3 Å². The van der Waals surface area contributed by atoms with Crippen molar-refractivity contribution in [2.75, 3.05) is 31.5 Å². The highest BCUT2D eigenvalue weighted by Gasteiger charge is 2.33. The van der Waals surface area contributed by atoms with Gasteiger partial charge < -0.3 is 19.7 Å². The number of amides is 2. The summed E-state index contributed by atoms with van der Waals surface area (Å²) in [7, 11) is -3.88. The fraction of sp³-hybridized carbons (Fsp3) is 0.273. The summed E-state index contributed by atoms with van der Waals surface area (Å²) in [6.07, 6.45) is 1.41. The maximum Gasteiger partial charge on any atom is 0.291 e. The van der Waals surface area contributed by atoms with Gasteiger partial charge in [-0.1, -0.05) is 6.07 Å². The Balaban J connectivity index is 1.43. The van der Waals surface area contributed by atoms with Gasteiger partial charge in [-0.05, 0) is 55.3 Å². The van der Waals surface area contributed by atoms with Gasteiger partial charge in [-0.3, -0.25) is 9.59 Å². The number of aromatic hydroxyl groups is 1. The minimum atomic E-state index is -3.88. The SMILES string of the molecule is Cc1ccc(O)c(S(=O)(=O)N2CCN(C(=O)c3sc(NC(=O)c4ccco4)cc3C)CC2)c1. The molecule has 0 atom stereocenters. The molecule has 11 heteroatoms. The molecule has 3 aromatic rings. The summed E-state index contributed by atoms with van der Waals surface area (Å²) < 4.78 is 32.3. The van der Waals surface area contributed by atoms with E-state index in [1.54, 1.807) is 43.0 Å². The Bertz CT molecular complexity index is 1290. The molecule has 174 valence electrons. The van der Waals surface area contributed by atoms with Gasteiger partial charge in [0.15, 0.2) is 5.76 Å². The number of benzene rings is 1. The van der Waals surface area contributed by atoms with E-state index in [1.165, 1.54) is 22.7 Å². The Hall–Kier alpha value is -3.15. The molecule has 0 aliphatic carbocycles. The topological polar surface area (TPSA) is 120 Å². The lowest BCUT2D eigenvalue weighted by molar-refractivity contribution is 0.0702. The molecule has 4 rings (SSSR count). The number of anilines is 1. The molecule has 0 spiro atoms. The summed E-state index contributed by atoms with van der Waals surface area (Å²) in [5.74, 6) is -0.742. The second kappa shape index (κ2) is 9.00. The van der Waals surface area contributed by atoms with E-state index in [4.69, 9.17) is 4.42 Å². The van der Waals surface area contributed by atoms with Gasteiger partial charge in [-0.2, -0.15) is 4.31 Å². The average Bonchev–Trinajstić information content (AvgIpc) is 3.45. The van der Waals surface area contributed by atoms with E-state index in [0.717, 1.165) is 22.5 Å². The van der Waals surface area contributed by atoms with Gasteiger partial charge in [0.1, 0.15) is 10.6 Å². The smallest absolute Gasteiger partial charge is 0.291 e. The van der Waals surface area contributed by atoms with E-state index >= 15 is 0 Å². The minimum absolute atomic E-state index is 0.119. The normalized spacial score (nSPS) is 14.9. The summed E-state index contributed by atoms with van der Waals surface area (Å²) in [6, 6.07) is 9.33. The number of aryl methyl sites for hydroxylation is 2. The Kier molecular flexibility index (Phi) is 6.28. The quantitative estimate of drug-likeness (QED) is 0.568. The Morgan fingerprint density at radius 2 is 1.82 bits per heavy atom. The first-order valence-electron chi connectivity index (χ1n) is 10.2. The zero-order chi connectivity index (χ0) is 23.8. The average molecular weight is 490 g/mol. The number of carbonyl (C=O) groups is 2. The van der Waals surface area contributed by atoms with Crippen molar-refractivity contribution in [1.82, 2.24) is 9.21 Å². The predicted molar refractivity (Wildman–Crippen MR) is 123 cm³/mol. The van der Waals surface area contributed by atoms with Crippen LogP contribution in [0.1, 0.15) is 31.4 Å². The Labute approximate surface area is 195 Å². The highest BCUT2D eigenvalue weighted by Crippen LogP contribution is 2.30. The molecular formula is C22H23N3O6S2. The molecule has 1 fully saturated rings. The number of carbonyl (C=O) groups excluding carboxylic acids is 2. The third-order valence-electron chi connectivity index (χ3n) is 5.35. The van der Waals surface area contributed by atoms with E-state index in [-0.39, 0.29) is 48.5 Å². The maximum absolute atomic E-state index is 13.1. The largest absolute Gasteiger partial charge is 0.507 e. The van der Waals surface area contributed by atoms with Gasteiger partial charge in [0, 0.05) is 26.2 Å². The first-order chi connectivity index (χ1) is 15.7. The summed E-state index contributed by atoms with van der Waals surface area (Å²) in [4.78, 5) is 27.2. The molecule has 1 aliphatic heterocycles. The molecule has 2 N–H and O–H groups in total. The van der Waals surface area contributed by atoms with E-state index < -0.39 is 15.9 Å². The Morgan fingerprint density at radius 1 is 1.09 bits per heavy atom. The van der Waals surface area contributed by atoms with Gasteiger partial charge in [0.2, 0.25) is 10.0 Å². The monoisotopic (exact) mass is 489 g/mol. The first kappa shape index (κ1) is 23.0. The number of hydrogen-bond acceptors (Lipinski definition) is 7. The minimum Gasteiger partial charge on any atom is -0.507 e. The lowest BCUT2D eigenvalue weighted by atomic mass is 10.2. The van der Waals surface area contributed by atoms with Crippen LogP contribution in [0.4, 0.5) is 5.00 Å².